The predicted octanol–water partition coefficient (Wildman–Crippen LogP) is 3.50. The van der Waals surface area contributed by atoms with E-state index < -0.39 is 0 Å². The Hall–Kier alpha value is -3.08. The van der Waals surface area contributed by atoms with Crippen LogP contribution in [0.5, 0.6) is 5.75 Å². The molecule has 0 unspecified atom stereocenters. The Labute approximate surface area is 145 Å². The third-order valence-electron chi connectivity index (χ3n) is 4.68. The Morgan fingerprint density at radius 1 is 1.04 bits per heavy atom. The number of nitrogens with zero attached hydrogens (tertiary/aromatic N) is 3. The number of ether oxygens (including phenoxy) is 1. The molecule has 0 fully saturated rings. The number of aromatic nitrogens is 3. The SMILES string of the molecule is COc1ccc(-n2nc(C)c3c4ccc(C)cc4n(C)c3c2=O)cc1. The highest BCUT2D eigenvalue weighted by Gasteiger charge is 2.17. The Morgan fingerprint density at radius 2 is 1.76 bits per heavy atom. The van der Waals surface area contributed by atoms with Crippen LogP contribution in [-0.4, -0.2) is 21.5 Å². The van der Waals surface area contributed by atoms with Crippen molar-refractivity contribution in [2.45, 2.75) is 13.8 Å². The van der Waals surface area contributed by atoms with Crippen molar-refractivity contribution >= 4 is 21.8 Å². The minimum Gasteiger partial charge on any atom is -0.497 e. The molecule has 0 radical (unpaired) electrons. The summed E-state index contributed by atoms with van der Waals surface area (Å²) in [7, 11) is 3.55. The van der Waals surface area contributed by atoms with Crippen LogP contribution >= 0.6 is 0 Å². The van der Waals surface area contributed by atoms with Crippen LogP contribution in [0.15, 0.2) is 47.3 Å². The van der Waals surface area contributed by atoms with Gasteiger partial charge in [-0.3, -0.25) is 4.79 Å². The minimum atomic E-state index is -0.123. The van der Waals surface area contributed by atoms with E-state index in [-0.39, 0.29) is 5.56 Å². The van der Waals surface area contributed by atoms with Gasteiger partial charge in [0, 0.05) is 23.3 Å². The van der Waals surface area contributed by atoms with Gasteiger partial charge in [-0.25, -0.2) is 0 Å². The fourth-order valence-corrected chi connectivity index (χ4v) is 3.41. The van der Waals surface area contributed by atoms with E-state index in [4.69, 9.17) is 4.74 Å². The van der Waals surface area contributed by atoms with Crippen molar-refractivity contribution in [3.05, 3.63) is 64.1 Å². The Bertz CT molecular complexity index is 1170. The smallest absolute Gasteiger partial charge is 0.296 e. The first kappa shape index (κ1) is 15.4. The lowest BCUT2D eigenvalue weighted by Gasteiger charge is -2.08. The Kier molecular flexibility index (Phi) is 3.39. The number of benzene rings is 2. The van der Waals surface area contributed by atoms with Crippen LogP contribution in [0, 0.1) is 13.8 Å². The molecule has 0 saturated heterocycles. The van der Waals surface area contributed by atoms with Gasteiger partial charge in [0.05, 0.1) is 18.5 Å². The van der Waals surface area contributed by atoms with Crippen molar-refractivity contribution in [3.63, 3.8) is 0 Å². The first-order valence-electron chi connectivity index (χ1n) is 8.14. The van der Waals surface area contributed by atoms with Crippen LogP contribution in [-0.2, 0) is 7.05 Å². The number of rotatable bonds is 2. The van der Waals surface area contributed by atoms with E-state index in [0.29, 0.717) is 5.52 Å². The van der Waals surface area contributed by atoms with Crippen LogP contribution in [0.25, 0.3) is 27.5 Å². The highest BCUT2D eigenvalue weighted by Crippen LogP contribution is 2.28. The monoisotopic (exact) mass is 333 g/mol. The normalized spacial score (nSPS) is 11.4. The summed E-state index contributed by atoms with van der Waals surface area (Å²) in [6.07, 6.45) is 0. The van der Waals surface area contributed by atoms with Crippen LogP contribution < -0.4 is 10.3 Å². The molecule has 2 aromatic heterocycles. The largest absolute Gasteiger partial charge is 0.497 e. The van der Waals surface area contributed by atoms with Gasteiger partial charge in [0.25, 0.3) is 5.56 Å². The van der Waals surface area contributed by atoms with E-state index >= 15 is 0 Å². The molecule has 25 heavy (non-hydrogen) atoms. The van der Waals surface area contributed by atoms with Crippen molar-refractivity contribution in [1.82, 2.24) is 14.3 Å². The molecule has 0 bridgehead atoms. The molecular weight excluding hydrogens is 314 g/mol. The summed E-state index contributed by atoms with van der Waals surface area (Å²) in [6, 6.07) is 13.6. The number of methoxy groups -OCH3 is 1. The van der Waals surface area contributed by atoms with E-state index in [1.807, 2.05) is 42.8 Å². The first-order chi connectivity index (χ1) is 12.0. The molecule has 0 N–H and O–H groups in total. The molecule has 0 saturated carbocycles. The summed E-state index contributed by atoms with van der Waals surface area (Å²) >= 11 is 0. The molecule has 0 amide bonds. The lowest BCUT2D eigenvalue weighted by Crippen LogP contribution is -2.23. The molecule has 0 atom stereocenters. The molecule has 5 nitrogen and oxygen atoms in total. The summed E-state index contributed by atoms with van der Waals surface area (Å²) in [5.74, 6) is 0.745. The van der Waals surface area contributed by atoms with E-state index in [0.717, 1.165) is 33.4 Å². The maximum absolute atomic E-state index is 13.2. The molecule has 126 valence electrons. The Balaban J connectivity index is 2.08. The third-order valence-corrected chi connectivity index (χ3v) is 4.68. The van der Waals surface area contributed by atoms with Gasteiger partial charge in [0.2, 0.25) is 0 Å². The van der Waals surface area contributed by atoms with Gasteiger partial charge < -0.3 is 9.30 Å². The molecule has 2 aromatic carbocycles. The van der Waals surface area contributed by atoms with Gasteiger partial charge in [0.1, 0.15) is 11.3 Å². The topological polar surface area (TPSA) is 49.0 Å². The molecule has 0 aliphatic heterocycles. The van der Waals surface area contributed by atoms with Crippen LogP contribution in [0.4, 0.5) is 0 Å². The molecule has 2 heterocycles. The summed E-state index contributed by atoms with van der Waals surface area (Å²) < 4.78 is 8.62. The quantitative estimate of drug-likeness (QED) is 0.564. The number of hydrogen-bond acceptors (Lipinski definition) is 3. The van der Waals surface area contributed by atoms with Crippen molar-refractivity contribution in [3.8, 4) is 11.4 Å². The fourth-order valence-electron chi connectivity index (χ4n) is 3.41. The van der Waals surface area contributed by atoms with Crippen molar-refractivity contribution < 1.29 is 4.74 Å². The first-order valence-corrected chi connectivity index (χ1v) is 8.14. The second-order valence-corrected chi connectivity index (χ2v) is 6.30. The number of aryl methyl sites for hydroxylation is 3. The average molecular weight is 333 g/mol. The summed E-state index contributed by atoms with van der Waals surface area (Å²) in [6.45, 7) is 4.00. The highest BCUT2D eigenvalue weighted by atomic mass is 16.5. The van der Waals surface area contributed by atoms with E-state index in [9.17, 15) is 4.79 Å². The molecule has 0 aliphatic rings. The zero-order chi connectivity index (χ0) is 17.7. The Morgan fingerprint density at radius 3 is 2.44 bits per heavy atom. The molecular formula is C20H19N3O2. The predicted molar refractivity (Wildman–Crippen MR) is 99.8 cm³/mol. The summed E-state index contributed by atoms with van der Waals surface area (Å²) in [5.41, 5.74) is 4.31. The molecule has 4 aromatic rings. The fraction of sp³-hybridized carbons (Fsp3) is 0.200. The van der Waals surface area contributed by atoms with Crippen LogP contribution in [0.1, 0.15) is 11.3 Å². The second-order valence-electron chi connectivity index (χ2n) is 6.30. The van der Waals surface area contributed by atoms with Gasteiger partial charge in [-0.05, 0) is 49.7 Å². The lowest BCUT2D eigenvalue weighted by molar-refractivity contribution is 0.414. The summed E-state index contributed by atoms with van der Waals surface area (Å²) in [4.78, 5) is 13.2. The van der Waals surface area contributed by atoms with Gasteiger partial charge in [-0.1, -0.05) is 12.1 Å². The highest BCUT2D eigenvalue weighted by molar-refractivity contribution is 6.09. The van der Waals surface area contributed by atoms with E-state index in [1.54, 1.807) is 7.11 Å². The van der Waals surface area contributed by atoms with E-state index in [1.165, 1.54) is 10.2 Å². The zero-order valence-corrected chi connectivity index (χ0v) is 14.7. The van der Waals surface area contributed by atoms with Gasteiger partial charge in [0.15, 0.2) is 0 Å². The average Bonchev–Trinajstić information content (AvgIpc) is 2.91. The minimum absolute atomic E-state index is 0.123. The molecule has 0 spiro atoms. The molecule has 4 rings (SSSR count). The van der Waals surface area contributed by atoms with Gasteiger partial charge in [-0.2, -0.15) is 9.78 Å². The molecule has 0 aliphatic carbocycles. The molecule has 5 heteroatoms. The lowest BCUT2D eigenvalue weighted by atomic mass is 10.1. The number of hydrogen-bond donors (Lipinski definition) is 0. The van der Waals surface area contributed by atoms with Crippen molar-refractivity contribution in [1.29, 1.82) is 0 Å². The van der Waals surface area contributed by atoms with Gasteiger partial charge in [-0.15, -0.1) is 0 Å². The van der Waals surface area contributed by atoms with Crippen molar-refractivity contribution in [2.24, 2.45) is 7.05 Å². The maximum atomic E-state index is 13.2. The van der Waals surface area contributed by atoms with Crippen molar-refractivity contribution in [2.75, 3.05) is 7.11 Å². The maximum Gasteiger partial charge on any atom is 0.296 e. The van der Waals surface area contributed by atoms with Crippen LogP contribution in [0.3, 0.4) is 0 Å². The standard InChI is InChI=1S/C20H19N3O2/c1-12-5-10-16-17(11-12)22(3)19-18(16)13(2)21-23(20(19)24)14-6-8-15(25-4)9-7-14/h5-11H,1-4H3. The van der Waals surface area contributed by atoms with Crippen LogP contribution in [0.2, 0.25) is 0 Å². The third kappa shape index (κ3) is 2.23. The number of fused-ring (bicyclic) bond motifs is 3. The zero-order valence-electron chi connectivity index (χ0n) is 14.7. The van der Waals surface area contributed by atoms with Gasteiger partial charge >= 0.3 is 0 Å². The summed E-state index contributed by atoms with van der Waals surface area (Å²) in [5, 5.41) is 6.55. The second kappa shape index (κ2) is 5.48. The van der Waals surface area contributed by atoms with E-state index in [2.05, 4.69) is 30.2 Å².